The smallest absolute Gasteiger partial charge is 0.261 e. The number of nitrogens with one attached hydrogen (secondary N) is 2. The number of halogens is 1. The molecule has 0 fully saturated rings. The quantitative estimate of drug-likeness (QED) is 0.791. The first-order valence-electron chi connectivity index (χ1n) is 6.22. The van der Waals surface area contributed by atoms with Crippen LogP contribution < -0.4 is 10.9 Å². The van der Waals surface area contributed by atoms with Crippen molar-refractivity contribution in [3.63, 3.8) is 0 Å². The Balaban J connectivity index is 2.93. The summed E-state index contributed by atoms with van der Waals surface area (Å²) in [4.78, 5) is 26.5. The molecule has 2 N–H and O–H groups in total. The molecule has 0 spiro atoms. The third-order valence-electron chi connectivity index (χ3n) is 2.77. The summed E-state index contributed by atoms with van der Waals surface area (Å²) in [6, 6.07) is 1.75. The Morgan fingerprint density at radius 1 is 1.50 bits per heavy atom. The minimum Gasteiger partial charge on any atom is -0.349 e. The summed E-state index contributed by atoms with van der Waals surface area (Å²) in [5.74, 6) is -0.294. The maximum absolute atomic E-state index is 12.0. The number of carbonyl (C=O) groups is 1. The largest absolute Gasteiger partial charge is 0.349 e. The van der Waals surface area contributed by atoms with Crippen LogP contribution in [0.1, 0.15) is 49.7 Å². The number of aromatic amines is 1. The zero-order valence-electron chi connectivity index (χ0n) is 11.0. The SMILES string of the molecule is CCC[C@H](C)NC(=O)c1cc(I)c(CC)[nH]c1=O. The summed E-state index contributed by atoms with van der Waals surface area (Å²) in [5, 5.41) is 2.84. The second-order valence-electron chi connectivity index (χ2n) is 4.36. The minimum absolute atomic E-state index is 0.0883. The Labute approximate surface area is 121 Å². The van der Waals surface area contributed by atoms with Gasteiger partial charge in [-0.2, -0.15) is 0 Å². The minimum atomic E-state index is -0.312. The molecule has 1 aromatic rings. The molecular formula is C13H19IN2O2. The van der Waals surface area contributed by atoms with Crippen molar-refractivity contribution < 1.29 is 4.79 Å². The molecule has 0 saturated carbocycles. The van der Waals surface area contributed by atoms with Crippen LogP contribution in [0.3, 0.4) is 0 Å². The van der Waals surface area contributed by atoms with Crippen LogP contribution in [0.25, 0.3) is 0 Å². The fourth-order valence-electron chi connectivity index (χ4n) is 1.78. The van der Waals surface area contributed by atoms with Gasteiger partial charge in [-0.15, -0.1) is 0 Å². The van der Waals surface area contributed by atoms with E-state index in [0.717, 1.165) is 28.5 Å². The Morgan fingerprint density at radius 2 is 2.17 bits per heavy atom. The van der Waals surface area contributed by atoms with Crippen LogP contribution in [0.2, 0.25) is 0 Å². The molecule has 0 aliphatic heterocycles. The molecule has 0 unspecified atom stereocenters. The number of H-pyrrole nitrogens is 1. The maximum Gasteiger partial charge on any atom is 0.261 e. The average molecular weight is 362 g/mol. The van der Waals surface area contributed by atoms with Crippen molar-refractivity contribution in [1.29, 1.82) is 0 Å². The third-order valence-corrected chi connectivity index (χ3v) is 3.73. The number of hydrogen-bond acceptors (Lipinski definition) is 2. The van der Waals surface area contributed by atoms with E-state index in [4.69, 9.17) is 0 Å². The van der Waals surface area contributed by atoms with Gasteiger partial charge in [0.15, 0.2) is 0 Å². The lowest BCUT2D eigenvalue weighted by molar-refractivity contribution is 0.0936. The molecule has 1 amide bonds. The van der Waals surface area contributed by atoms with Gasteiger partial charge in [-0.05, 0) is 48.4 Å². The van der Waals surface area contributed by atoms with Gasteiger partial charge in [0, 0.05) is 15.3 Å². The molecule has 0 aliphatic rings. The van der Waals surface area contributed by atoms with Crippen LogP contribution in [0.4, 0.5) is 0 Å². The molecule has 0 bridgehead atoms. The molecule has 18 heavy (non-hydrogen) atoms. The second kappa shape index (κ2) is 6.92. The number of hydrogen-bond donors (Lipinski definition) is 2. The monoisotopic (exact) mass is 362 g/mol. The molecule has 4 nitrogen and oxygen atoms in total. The summed E-state index contributed by atoms with van der Waals surface area (Å²) in [6.45, 7) is 5.98. The summed E-state index contributed by atoms with van der Waals surface area (Å²) in [6.07, 6.45) is 2.67. The number of aryl methyl sites for hydroxylation is 1. The highest BCUT2D eigenvalue weighted by molar-refractivity contribution is 14.1. The van der Waals surface area contributed by atoms with Gasteiger partial charge in [0.25, 0.3) is 11.5 Å². The Bertz CT molecular complexity index is 482. The van der Waals surface area contributed by atoms with Gasteiger partial charge in [-0.3, -0.25) is 9.59 Å². The topological polar surface area (TPSA) is 62.0 Å². The van der Waals surface area contributed by atoms with Gasteiger partial charge >= 0.3 is 0 Å². The highest BCUT2D eigenvalue weighted by Crippen LogP contribution is 2.10. The van der Waals surface area contributed by atoms with Crippen molar-refractivity contribution in [2.24, 2.45) is 0 Å². The van der Waals surface area contributed by atoms with Crippen LogP contribution in [0.15, 0.2) is 10.9 Å². The van der Waals surface area contributed by atoms with Gasteiger partial charge in [0.2, 0.25) is 0 Å². The first kappa shape index (κ1) is 15.2. The maximum atomic E-state index is 12.0. The highest BCUT2D eigenvalue weighted by atomic mass is 127. The summed E-state index contributed by atoms with van der Waals surface area (Å²) < 4.78 is 0.919. The zero-order valence-corrected chi connectivity index (χ0v) is 13.1. The molecule has 1 aromatic heterocycles. The average Bonchev–Trinajstić information content (AvgIpc) is 2.31. The molecule has 1 rings (SSSR count). The Kier molecular flexibility index (Phi) is 5.84. The summed E-state index contributed by atoms with van der Waals surface area (Å²) in [5.41, 5.74) is 0.756. The highest BCUT2D eigenvalue weighted by Gasteiger charge is 2.14. The van der Waals surface area contributed by atoms with E-state index in [2.05, 4.69) is 39.8 Å². The second-order valence-corrected chi connectivity index (χ2v) is 5.52. The standard InChI is InChI=1S/C13H19IN2O2/c1-4-6-8(3)15-12(17)9-7-10(14)11(5-2)16-13(9)18/h7-8H,4-6H2,1-3H3,(H,15,17)(H,16,18)/t8-/m0/s1. The van der Waals surface area contributed by atoms with E-state index in [-0.39, 0.29) is 23.1 Å². The fourth-order valence-corrected chi connectivity index (χ4v) is 2.60. The van der Waals surface area contributed by atoms with Gasteiger partial charge in [-0.25, -0.2) is 0 Å². The van der Waals surface area contributed by atoms with Crippen LogP contribution in [0, 0.1) is 3.57 Å². The third kappa shape index (κ3) is 3.83. The lowest BCUT2D eigenvalue weighted by Crippen LogP contribution is -2.36. The zero-order chi connectivity index (χ0) is 13.7. The number of rotatable bonds is 5. The molecule has 0 radical (unpaired) electrons. The van der Waals surface area contributed by atoms with E-state index in [0.29, 0.717) is 0 Å². The lowest BCUT2D eigenvalue weighted by atomic mass is 10.1. The predicted molar refractivity (Wildman–Crippen MR) is 81.0 cm³/mol. The van der Waals surface area contributed by atoms with E-state index in [1.165, 1.54) is 0 Å². The van der Waals surface area contributed by atoms with Crippen molar-refractivity contribution in [2.75, 3.05) is 0 Å². The Hall–Kier alpha value is -0.850. The molecule has 5 heteroatoms. The number of carbonyl (C=O) groups excluding carboxylic acids is 1. The van der Waals surface area contributed by atoms with Crippen LogP contribution in [0.5, 0.6) is 0 Å². The van der Waals surface area contributed by atoms with E-state index < -0.39 is 0 Å². The number of pyridine rings is 1. The van der Waals surface area contributed by atoms with E-state index in [9.17, 15) is 9.59 Å². The van der Waals surface area contributed by atoms with Gasteiger partial charge in [0.1, 0.15) is 5.56 Å². The van der Waals surface area contributed by atoms with E-state index in [1.54, 1.807) is 6.07 Å². The van der Waals surface area contributed by atoms with Gasteiger partial charge in [0.05, 0.1) is 0 Å². The molecule has 1 atom stereocenters. The predicted octanol–water partition coefficient (Wildman–Crippen LogP) is 2.46. The van der Waals surface area contributed by atoms with Gasteiger partial charge in [-0.1, -0.05) is 20.3 Å². The van der Waals surface area contributed by atoms with Crippen LogP contribution >= 0.6 is 22.6 Å². The lowest BCUT2D eigenvalue weighted by Gasteiger charge is -2.12. The number of aromatic nitrogens is 1. The van der Waals surface area contributed by atoms with Crippen LogP contribution in [-0.4, -0.2) is 16.9 Å². The molecule has 0 saturated heterocycles. The van der Waals surface area contributed by atoms with Crippen molar-refractivity contribution in [1.82, 2.24) is 10.3 Å². The number of amides is 1. The van der Waals surface area contributed by atoms with Crippen LogP contribution in [-0.2, 0) is 6.42 Å². The van der Waals surface area contributed by atoms with E-state index >= 15 is 0 Å². The van der Waals surface area contributed by atoms with Crippen molar-refractivity contribution >= 4 is 28.5 Å². The van der Waals surface area contributed by atoms with Gasteiger partial charge < -0.3 is 10.3 Å². The fraction of sp³-hybridized carbons (Fsp3) is 0.538. The Morgan fingerprint density at radius 3 is 2.72 bits per heavy atom. The van der Waals surface area contributed by atoms with Crippen molar-refractivity contribution in [2.45, 2.75) is 46.1 Å². The van der Waals surface area contributed by atoms with E-state index in [1.807, 2.05) is 13.8 Å². The first-order valence-corrected chi connectivity index (χ1v) is 7.30. The van der Waals surface area contributed by atoms with Crippen molar-refractivity contribution in [3.8, 4) is 0 Å². The molecule has 0 aromatic carbocycles. The normalized spacial score (nSPS) is 12.2. The first-order chi connectivity index (χ1) is 8.49. The summed E-state index contributed by atoms with van der Waals surface area (Å²) in [7, 11) is 0. The molecule has 1 heterocycles. The molecular weight excluding hydrogens is 343 g/mol. The molecule has 0 aliphatic carbocycles. The molecule has 100 valence electrons. The van der Waals surface area contributed by atoms with Crippen molar-refractivity contribution in [3.05, 3.63) is 31.2 Å². The summed E-state index contributed by atoms with van der Waals surface area (Å²) >= 11 is 2.14.